The van der Waals surface area contributed by atoms with E-state index in [-0.39, 0.29) is 5.90 Å². The van der Waals surface area contributed by atoms with E-state index in [9.17, 15) is 0 Å². The van der Waals surface area contributed by atoms with Crippen molar-refractivity contribution in [3.05, 3.63) is 29.8 Å². The van der Waals surface area contributed by atoms with Crippen molar-refractivity contribution in [1.82, 2.24) is 0 Å². The number of benzene rings is 1. The molecule has 0 saturated carbocycles. The Morgan fingerprint density at radius 3 is 2.33 bits per heavy atom. The highest BCUT2D eigenvalue weighted by atomic mass is 16.5. The van der Waals surface area contributed by atoms with Crippen molar-refractivity contribution in [3.63, 3.8) is 0 Å². The van der Waals surface area contributed by atoms with Crippen molar-refractivity contribution in [2.75, 3.05) is 31.2 Å². The molecule has 96 valence electrons. The molecule has 0 radical (unpaired) electrons. The second kappa shape index (κ2) is 5.50. The maximum atomic E-state index is 7.60. The van der Waals surface area contributed by atoms with Crippen molar-refractivity contribution in [2.45, 2.75) is 0 Å². The third-order valence-electron chi connectivity index (χ3n) is 2.72. The largest absolute Gasteiger partial charge is 0.407 e. The summed E-state index contributed by atoms with van der Waals surface area (Å²) in [7, 11) is 0. The minimum absolute atomic E-state index is 0.115. The smallest absolute Gasteiger partial charge is 0.285 e. The van der Waals surface area contributed by atoms with Crippen LogP contribution in [0.2, 0.25) is 0 Å². The minimum atomic E-state index is -0.475. The lowest BCUT2D eigenvalue weighted by Gasteiger charge is -2.28. The number of rotatable bonds is 2. The van der Waals surface area contributed by atoms with Crippen LogP contribution >= 0.6 is 0 Å². The Kier molecular flexibility index (Phi) is 3.78. The third-order valence-corrected chi connectivity index (χ3v) is 2.72. The second-order valence-corrected chi connectivity index (χ2v) is 3.94. The Bertz CT molecular complexity index is 438. The zero-order valence-electron chi connectivity index (χ0n) is 9.98. The van der Waals surface area contributed by atoms with E-state index in [1.54, 1.807) is 12.1 Å². The summed E-state index contributed by atoms with van der Waals surface area (Å²) < 4.78 is 10.0. The summed E-state index contributed by atoms with van der Waals surface area (Å²) >= 11 is 0. The fourth-order valence-corrected chi connectivity index (χ4v) is 1.81. The monoisotopic (exact) mass is 248 g/mol. The van der Waals surface area contributed by atoms with Gasteiger partial charge < -0.3 is 20.1 Å². The lowest BCUT2D eigenvalue weighted by molar-refractivity contribution is 0.122. The molecule has 0 bridgehead atoms. The van der Waals surface area contributed by atoms with E-state index < -0.39 is 6.02 Å². The molecule has 1 aliphatic heterocycles. The molecule has 0 spiro atoms. The van der Waals surface area contributed by atoms with Gasteiger partial charge in [-0.3, -0.25) is 10.8 Å². The Labute approximate surface area is 105 Å². The number of anilines is 1. The van der Waals surface area contributed by atoms with Crippen molar-refractivity contribution in [3.8, 4) is 0 Å². The van der Waals surface area contributed by atoms with E-state index >= 15 is 0 Å². The number of nitrogens with two attached hydrogens (primary N) is 1. The molecule has 0 atom stereocenters. The lowest BCUT2D eigenvalue weighted by Crippen LogP contribution is -2.36. The Morgan fingerprint density at radius 1 is 1.17 bits per heavy atom. The summed E-state index contributed by atoms with van der Waals surface area (Å²) in [5.74, 6) is -0.115. The van der Waals surface area contributed by atoms with Gasteiger partial charge in [0.05, 0.1) is 13.2 Å². The molecule has 0 aliphatic carbocycles. The molecule has 6 nitrogen and oxygen atoms in total. The van der Waals surface area contributed by atoms with E-state index in [4.69, 9.17) is 26.0 Å². The molecule has 0 aromatic heterocycles. The molecule has 2 rings (SSSR count). The van der Waals surface area contributed by atoms with Crippen molar-refractivity contribution >= 4 is 17.6 Å². The predicted molar refractivity (Wildman–Crippen MR) is 69.3 cm³/mol. The first-order valence-electron chi connectivity index (χ1n) is 5.70. The van der Waals surface area contributed by atoms with Crippen LogP contribution in [0.25, 0.3) is 0 Å². The van der Waals surface area contributed by atoms with Crippen LogP contribution in [0, 0.1) is 10.8 Å². The number of nitrogens with zero attached hydrogens (tertiary/aromatic N) is 1. The van der Waals surface area contributed by atoms with Crippen LogP contribution in [0.4, 0.5) is 5.69 Å². The topological polar surface area (TPSA) is 95.4 Å². The average molecular weight is 248 g/mol. The highest BCUT2D eigenvalue weighted by Crippen LogP contribution is 2.17. The first kappa shape index (κ1) is 12.4. The van der Waals surface area contributed by atoms with Gasteiger partial charge in [-0.25, -0.2) is 0 Å². The van der Waals surface area contributed by atoms with Gasteiger partial charge in [-0.2, -0.15) is 0 Å². The van der Waals surface area contributed by atoms with Gasteiger partial charge in [0.25, 0.3) is 6.02 Å². The Balaban J connectivity index is 2.04. The number of morpholine rings is 1. The van der Waals surface area contributed by atoms with E-state index in [2.05, 4.69) is 4.90 Å². The standard InChI is InChI=1S/C12H16N4O2/c13-11(18-12(14)15)9-1-3-10(4-2-9)16-5-7-17-8-6-16/h1-4,13H,5-8H2,(H3,14,15). The summed E-state index contributed by atoms with van der Waals surface area (Å²) in [6, 6.07) is 6.96. The maximum Gasteiger partial charge on any atom is 0.285 e. The Morgan fingerprint density at radius 2 is 1.78 bits per heavy atom. The van der Waals surface area contributed by atoms with Crippen LogP contribution in [-0.4, -0.2) is 38.2 Å². The van der Waals surface area contributed by atoms with Gasteiger partial charge in [-0.1, -0.05) is 0 Å². The molecule has 1 heterocycles. The molecule has 4 N–H and O–H groups in total. The fourth-order valence-electron chi connectivity index (χ4n) is 1.81. The van der Waals surface area contributed by atoms with Gasteiger partial charge in [0.1, 0.15) is 0 Å². The first-order valence-corrected chi connectivity index (χ1v) is 5.70. The van der Waals surface area contributed by atoms with Gasteiger partial charge in [0, 0.05) is 24.3 Å². The van der Waals surface area contributed by atoms with Crippen molar-refractivity contribution in [2.24, 2.45) is 5.73 Å². The molecule has 6 heteroatoms. The van der Waals surface area contributed by atoms with Crippen LogP contribution in [0.15, 0.2) is 24.3 Å². The molecule has 1 aromatic rings. The summed E-state index contributed by atoms with van der Waals surface area (Å²) in [5.41, 5.74) is 6.77. The molecule has 1 aliphatic rings. The second-order valence-electron chi connectivity index (χ2n) is 3.94. The van der Waals surface area contributed by atoms with Crippen LogP contribution in [0.5, 0.6) is 0 Å². The summed E-state index contributed by atoms with van der Waals surface area (Å²) in [5, 5.41) is 14.6. The van der Waals surface area contributed by atoms with E-state index in [1.807, 2.05) is 12.1 Å². The summed E-state index contributed by atoms with van der Waals surface area (Å²) in [6.07, 6.45) is 0. The van der Waals surface area contributed by atoms with Gasteiger partial charge in [-0.15, -0.1) is 0 Å². The van der Waals surface area contributed by atoms with Crippen LogP contribution in [0.3, 0.4) is 0 Å². The number of hydrogen-bond acceptors (Lipinski definition) is 5. The highest BCUT2D eigenvalue weighted by molar-refractivity contribution is 5.98. The predicted octanol–water partition coefficient (Wildman–Crippen LogP) is 0.759. The van der Waals surface area contributed by atoms with Crippen molar-refractivity contribution in [1.29, 1.82) is 10.8 Å². The van der Waals surface area contributed by atoms with E-state index in [1.165, 1.54) is 0 Å². The molecule has 1 aromatic carbocycles. The first-order chi connectivity index (χ1) is 8.66. The lowest BCUT2D eigenvalue weighted by atomic mass is 10.2. The van der Waals surface area contributed by atoms with E-state index in [0.717, 1.165) is 32.0 Å². The van der Waals surface area contributed by atoms with E-state index in [0.29, 0.717) is 5.56 Å². The third kappa shape index (κ3) is 2.98. The SMILES string of the molecule is N=C(N)OC(=N)c1ccc(N2CCOCC2)cc1. The molecular formula is C12H16N4O2. The zero-order valence-corrected chi connectivity index (χ0v) is 9.98. The minimum Gasteiger partial charge on any atom is -0.407 e. The average Bonchev–Trinajstić information content (AvgIpc) is 2.39. The van der Waals surface area contributed by atoms with Crippen LogP contribution in [0.1, 0.15) is 5.56 Å². The summed E-state index contributed by atoms with van der Waals surface area (Å²) in [6.45, 7) is 3.23. The van der Waals surface area contributed by atoms with Crippen LogP contribution in [-0.2, 0) is 9.47 Å². The van der Waals surface area contributed by atoms with Gasteiger partial charge >= 0.3 is 0 Å². The zero-order chi connectivity index (χ0) is 13.0. The van der Waals surface area contributed by atoms with Crippen molar-refractivity contribution < 1.29 is 9.47 Å². The number of hydrogen-bond donors (Lipinski definition) is 3. The maximum absolute atomic E-state index is 7.60. The van der Waals surface area contributed by atoms with Gasteiger partial charge in [-0.05, 0) is 24.3 Å². The fraction of sp³-hybridized carbons (Fsp3) is 0.333. The number of amidine groups is 1. The van der Waals surface area contributed by atoms with Gasteiger partial charge in [0.2, 0.25) is 5.90 Å². The Hall–Kier alpha value is -2.08. The number of ether oxygens (including phenoxy) is 2. The molecular weight excluding hydrogens is 232 g/mol. The molecule has 1 saturated heterocycles. The normalized spacial score (nSPS) is 15.2. The van der Waals surface area contributed by atoms with Gasteiger partial charge in [0.15, 0.2) is 0 Å². The quantitative estimate of drug-likeness (QED) is 0.532. The van der Waals surface area contributed by atoms with Crippen LogP contribution < -0.4 is 10.6 Å². The molecule has 18 heavy (non-hydrogen) atoms. The highest BCUT2D eigenvalue weighted by Gasteiger charge is 2.11. The molecule has 0 unspecified atom stereocenters. The number of nitrogens with one attached hydrogen (secondary N) is 2. The summed E-state index contributed by atoms with van der Waals surface area (Å²) in [4.78, 5) is 2.22. The molecule has 0 amide bonds. The molecule has 1 fully saturated rings.